The maximum Gasteiger partial charge on any atom is 0.205 e. The SMILES string of the molecule is Cc1nsc(N(C)Cc2noc3ccccc23)n1. The summed E-state index contributed by atoms with van der Waals surface area (Å²) < 4.78 is 9.46. The van der Waals surface area contributed by atoms with Gasteiger partial charge in [-0.05, 0) is 19.1 Å². The number of nitrogens with zero attached hydrogens (tertiary/aromatic N) is 4. The van der Waals surface area contributed by atoms with E-state index in [4.69, 9.17) is 4.52 Å². The highest BCUT2D eigenvalue weighted by Crippen LogP contribution is 2.22. The van der Waals surface area contributed by atoms with E-state index in [1.807, 2.05) is 43.1 Å². The third kappa shape index (κ3) is 1.95. The molecule has 3 aromatic rings. The molecule has 1 aromatic carbocycles. The van der Waals surface area contributed by atoms with Gasteiger partial charge in [-0.1, -0.05) is 17.3 Å². The van der Waals surface area contributed by atoms with Crippen LogP contribution in [0.4, 0.5) is 5.13 Å². The van der Waals surface area contributed by atoms with Crippen LogP contribution < -0.4 is 4.90 Å². The van der Waals surface area contributed by atoms with Crippen LogP contribution in [-0.4, -0.2) is 21.6 Å². The molecule has 0 unspecified atom stereocenters. The fourth-order valence-electron chi connectivity index (χ4n) is 1.79. The zero-order valence-electron chi connectivity index (χ0n) is 10.1. The molecule has 0 spiro atoms. The van der Waals surface area contributed by atoms with E-state index >= 15 is 0 Å². The molecular formula is C12H12N4OS. The van der Waals surface area contributed by atoms with Gasteiger partial charge in [0.2, 0.25) is 5.13 Å². The smallest absolute Gasteiger partial charge is 0.205 e. The molecule has 92 valence electrons. The number of aryl methyl sites for hydroxylation is 1. The van der Waals surface area contributed by atoms with E-state index in [1.54, 1.807) is 0 Å². The van der Waals surface area contributed by atoms with E-state index in [9.17, 15) is 0 Å². The second kappa shape index (κ2) is 4.38. The molecule has 0 saturated heterocycles. The van der Waals surface area contributed by atoms with Gasteiger partial charge in [-0.2, -0.15) is 4.37 Å². The van der Waals surface area contributed by atoms with Gasteiger partial charge >= 0.3 is 0 Å². The quantitative estimate of drug-likeness (QED) is 0.724. The Morgan fingerprint density at radius 2 is 2.17 bits per heavy atom. The first-order valence-corrected chi connectivity index (χ1v) is 6.36. The normalized spacial score (nSPS) is 11.0. The minimum Gasteiger partial charge on any atom is -0.356 e. The lowest BCUT2D eigenvalue weighted by atomic mass is 10.2. The van der Waals surface area contributed by atoms with Gasteiger partial charge in [-0.25, -0.2) is 4.98 Å². The second-order valence-electron chi connectivity index (χ2n) is 4.11. The van der Waals surface area contributed by atoms with Crippen LogP contribution in [0.15, 0.2) is 28.8 Å². The van der Waals surface area contributed by atoms with Gasteiger partial charge in [0.1, 0.15) is 11.5 Å². The zero-order chi connectivity index (χ0) is 12.5. The lowest BCUT2D eigenvalue weighted by Gasteiger charge is -2.12. The van der Waals surface area contributed by atoms with Crippen molar-refractivity contribution in [2.75, 3.05) is 11.9 Å². The Morgan fingerprint density at radius 3 is 2.94 bits per heavy atom. The van der Waals surface area contributed by atoms with Crippen molar-refractivity contribution in [1.82, 2.24) is 14.5 Å². The number of para-hydroxylation sites is 1. The monoisotopic (exact) mass is 260 g/mol. The summed E-state index contributed by atoms with van der Waals surface area (Å²) in [6, 6.07) is 7.86. The Kier molecular flexibility index (Phi) is 2.71. The van der Waals surface area contributed by atoms with Crippen molar-refractivity contribution in [1.29, 1.82) is 0 Å². The first-order chi connectivity index (χ1) is 8.74. The van der Waals surface area contributed by atoms with Crippen LogP contribution in [0.2, 0.25) is 0 Å². The molecule has 3 rings (SSSR count). The molecule has 0 aliphatic carbocycles. The summed E-state index contributed by atoms with van der Waals surface area (Å²) in [5.41, 5.74) is 1.73. The maximum atomic E-state index is 5.28. The minimum atomic E-state index is 0.658. The molecule has 0 N–H and O–H groups in total. The van der Waals surface area contributed by atoms with Crippen molar-refractivity contribution in [3.63, 3.8) is 0 Å². The van der Waals surface area contributed by atoms with Gasteiger partial charge in [0, 0.05) is 24.0 Å². The number of hydrogen-bond acceptors (Lipinski definition) is 6. The molecule has 0 bridgehead atoms. The molecule has 0 amide bonds. The summed E-state index contributed by atoms with van der Waals surface area (Å²) in [6.45, 7) is 2.55. The number of hydrogen-bond donors (Lipinski definition) is 0. The molecule has 0 atom stereocenters. The van der Waals surface area contributed by atoms with Crippen LogP contribution in [0.25, 0.3) is 11.0 Å². The van der Waals surface area contributed by atoms with Gasteiger partial charge in [0.15, 0.2) is 5.58 Å². The number of fused-ring (bicyclic) bond motifs is 1. The van der Waals surface area contributed by atoms with Crippen LogP contribution in [0.5, 0.6) is 0 Å². The van der Waals surface area contributed by atoms with Crippen molar-refractivity contribution in [2.24, 2.45) is 0 Å². The first-order valence-electron chi connectivity index (χ1n) is 5.59. The fourth-order valence-corrected chi connectivity index (χ4v) is 2.42. The highest BCUT2D eigenvalue weighted by Gasteiger charge is 2.12. The minimum absolute atomic E-state index is 0.658. The van der Waals surface area contributed by atoms with Crippen LogP contribution in [0, 0.1) is 6.92 Å². The van der Waals surface area contributed by atoms with Gasteiger partial charge in [0.25, 0.3) is 0 Å². The van der Waals surface area contributed by atoms with Gasteiger partial charge in [-0.15, -0.1) is 0 Å². The van der Waals surface area contributed by atoms with Crippen molar-refractivity contribution in [2.45, 2.75) is 13.5 Å². The average Bonchev–Trinajstić information content (AvgIpc) is 2.97. The van der Waals surface area contributed by atoms with Crippen molar-refractivity contribution in [3.05, 3.63) is 35.8 Å². The summed E-state index contributed by atoms with van der Waals surface area (Å²) in [6.07, 6.45) is 0. The van der Waals surface area contributed by atoms with E-state index in [2.05, 4.69) is 14.5 Å². The second-order valence-corrected chi connectivity index (χ2v) is 4.84. The third-order valence-electron chi connectivity index (χ3n) is 2.68. The summed E-state index contributed by atoms with van der Waals surface area (Å²) in [4.78, 5) is 6.37. The fraction of sp³-hybridized carbons (Fsp3) is 0.250. The highest BCUT2D eigenvalue weighted by atomic mass is 32.1. The van der Waals surface area contributed by atoms with Gasteiger partial charge in [0.05, 0.1) is 6.54 Å². The number of anilines is 1. The van der Waals surface area contributed by atoms with Crippen molar-refractivity contribution in [3.8, 4) is 0 Å². The molecule has 0 fully saturated rings. The first kappa shape index (κ1) is 11.2. The molecule has 6 heteroatoms. The number of rotatable bonds is 3. The largest absolute Gasteiger partial charge is 0.356 e. The Morgan fingerprint density at radius 1 is 1.33 bits per heavy atom. The van der Waals surface area contributed by atoms with Crippen molar-refractivity contribution < 1.29 is 4.52 Å². The maximum absolute atomic E-state index is 5.28. The zero-order valence-corrected chi connectivity index (χ0v) is 10.9. The Labute approximate surface area is 108 Å². The summed E-state index contributed by atoms with van der Waals surface area (Å²) in [7, 11) is 1.98. The summed E-state index contributed by atoms with van der Waals surface area (Å²) in [5.74, 6) is 0.798. The molecule has 18 heavy (non-hydrogen) atoms. The molecular weight excluding hydrogens is 248 g/mol. The van der Waals surface area contributed by atoms with E-state index in [0.717, 1.165) is 27.6 Å². The van der Waals surface area contributed by atoms with Gasteiger partial charge in [-0.3, -0.25) is 0 Å². The van der Waals surface area contributed by atoms with Crippen LogP contribution >= 0.6 is 11.5 Å². The van der Waals surface area contributed by atoms with E-state index in [1.165, 1.54) is 11.5 Å². The van der Waals surface area contributed by atoms with E-state index in [0.29, 0.717) is 6.54 Å². The average molecular weight is 260 g/mol. The summed E-state index contributed by atoms with van der Waals surface area (Å²) in [5, 5.41) is 6.04. The highest BCUT2D eigenvalue weighted by molar-refractivity contribution is 7.09. The van der Waals surface area contributed by atoms with E-state index < -0.39 is 0 Å². The Hall–Kier alpha value is -1.95. The predicted octanol–water partition coefficient (Wildman–Crippen LogP) is 2.62. The lowest BCUT2D eigenvalue weighted by molar-refractivity contribution is 0.445. The Bertz CT molecular complexity index is 675. The molecule has 0 aliphatic heterocycles. The molecule has 5 nitrogen and oxygen atoms in total. The standard InChI is InChI=1S/C12H12N4OS/c1-8-13-12(18-15-8)16(2)7-10-9-5-3-4-6-11(9)17-14-10/h3-6H,7H2,1-2H3. The topological polar surface area (TPSA) is 55.1 Å². The van der Waals surface area contributed by atoms with Gasteiger partial charge < -0.3 is 9.42 Å². The molecule has 0 saturated carbocycles. The van der Waals surface area contributed by atoms with Crippen molar-refractivity contribution >= 4 is 27.6 Å². The number of benzene rings is 1. The van der Waals surface area contributed by atoms with E-state index in [-0.39, 0.29) is 0 Å². The van der Waals surface area contributed by atoms with Crippen LogP contribution in [0.1, 0.15) is 11.5 Å². The molecule has 2 heterocycles. The molecule has 0 radical (unpaired) electrons. The molecule has 0 aliphatic rings. The van der Waals surface area contributed by atoms with Crippen LogP contribution in [-0.2, 0) is 6.54 Å². The number of aromatic nitrogens is 3. The third-order valence-corrected chi connectivity index (χ3v) is 3.60. The lowest BCUT2D eigenvalue weighted by Crippen LogP contribution is -2.16. The molecule has 2 aromatic heterocycles. The summed E-state index contributed by atoms with van der Waals surface area (Å²) >= 11 is 1.39. The predicted molar refractivity (Wildman–Crippen MR) is 70.8 cm³/mol. The Balaban J connectivity index is 1.88. The van der Waals surface area contributed by atoms with Crippen LogP contribution in [0.3, 0.4) is 0 Å².